The molecule has 0 atom stereocenters. The highest BCUT2D eigenvalue weighted by Crippen LogP contribution is 2.35. The second-order valence-corrected chi connectivity index (χ2v) is 12.2. The van der Waals surface area contributed by atoms with Gasteiger partial charge in [0.25, 0.3) is 17.5 Å². The number of aryl methyl sites for hydroxylation is 2. The molecule has 1 aliphatic heterocycles. The van der Waals surface area contributed by atoms with Crippen LogP contribution in [0.1, 0.15) is 27.0 Å². The van der Waals surface area contributed by atoms with Crippen molar-refractivity contribution in [3.05, 3.63) is 96.9 Å². The van der Waals surface area contributed by atoms with Crippen molar-refractivity contribution in [1.82, 2.24) is 10.4 Å². The predicted molar refractivity (Wildman–Crippen MR) is 157 cm³/mol. The van der Waals surface area contributed by atoms with Crippen LogP contribution in [0.5, 0.6) is 11.5 Å². The molecule has 1 N–H and O–H groups in total. The fourth-order valence-electron chi connectivity index (χ4n) is 3.63. The third kappa shape index (κ3) is 6.51. The smallest absolute Gasteiger partial charge is 0.339 e. The summed E-state index contributed by atoms with van der Waals surface area (Å²) in [4.78, 5) is 36.0. The Labute approximate surface area is 249 Å². The van der Waals surface area contributed by atoms with Gasteiger partial charge in [0, 0.05) is 11.6 Å². The molecule has 1 aliphatic rings. The highest BCUT2D eigenvalue weighted by molar-refractivity contribution is 8.26. The lowest BCUT2D eigenvalue weighted by molar-refractivity contribution is -0.385. The Balaban J connectivity index is 1.54. The molecule has 3 aromatic carbocycles. The molecular formula is C26H20ClN3O8S3. The van der Waals surface area contributed by atoms with E-state index >= 15 is 0 Å². The van der Waals surface area contributed by atoms with Crippen molar-refractivity contribution in [3.63, 3.8) is 0 Å². The first kappa shape index (κ1) is 30.0. The van der Waals surface area contributed by atoms with E-state index in [4.69, 9.17) is 32.7 Å². The Hall–Kier alpha value is -3.98. The highest BCUT2D eigenvalue weighted by atomic mass is 35.5. The van der Waals surface area contributed by atoms with Crippen LogP contribution in [0.3, 0.4) is 0 Å². The van der Waals surface area contributed by atoms with Gasteiger partial charge in [0.15, 0.2) is 15.8 Å². The van der Waals surface area contributed by atoms with E-state index in [-0.39, 0.29) is 37.0 Å². The second kappa shape index (κ2) is 11.9. The monoisotopic (exact) mass is 633 g/mol. The molecular weight excluding hydrogens is 614 g/mol. The normalized spacial score (nSPS) is 14.3. The van der Waals surface area contributed by atoms with E-state index in [1.54, 1.807) is 12.1 Å². The summed E-state index contributed by atoms with van der Waals surface area (Å²) in [5.41, 5.74) is 3.86. The average molecular weight is 634 g/mol. The van der Waals surface area contributed by atoms with Crippen LogP contribution >= 0.6 is 35.6 Å². The van der Waals surface area contributed by atoms with Crippen LogP contribution in [-0.2, 0) is 14.9 Å². The number of hydrogen-bond acceptors (Lipinski definition) is 10. The van der Waals surface area contributed by atoms with Crippen molar-refractivity contribution in [2.75, 3.05) is 7.11 Å². The van der Waals surface area contributed by atoms with Gasteiger partial charge in [0.2, 0.25) is 0 Å². The quantitative estimate of drug-likeness (QED) is 0.116. The molecule has 212 valence electrons. The number of thioether (sulfide) groups is 1. The molecule has 0 spiro atoms. The van der Waals surface area contributed by atoms with Crippen molar-refractivity contribution < 1.29 is 31.9 Å². The Morgan fingerprint density at radius 1 is 1.12 bits per heavy atom. The van der Waals surface area contributed by atoms with Crippen LogP contribution in [0.4, 0.5) is 5.69 Å². The van der Waals surface area contributed by atoms with Crippen molar-refractivity contribution in [3.8, 4) is 11.5 Å². The van der Waals surface area contributed by atoms with E-state index in [1.807, 2.05) is 6.92 Å². The maximum absolute atomic E-state index is 13.0. The van der Waals surface area contributed by atoms with Crippen molar-refractivity contribution in [2.45, 2.75) is 18.7 Å². The number of nitro benzene ring substituents is 1. The average Bonchev–Trinajstić information content (AvgIpc) is 3.16. The first-order valence-corrected chi connectivity index (χ1v) is 14.5. The molecule has 0 saturated carbocycles. The summed E-state index contributed by atoms with van der Waals surface area (Å²) in [5, 5.41) is 12.4. The van der Waals surface area contributed by atoms with Crippen molar-refractivity contribution >= 4 is 73.6 Å². The molecule has 1 heterocycles. The fraction of sp³-hybridized carbons (Fsp3) is 0.115. The van der Waals surface area contributed by atoms with Crippen molar-refractivity contribution in [2.24, 2.45) is 0 Å². The maximum atomic E-state index is 13.0. The van der Waals surface area contributed by atoms with E-state index in [1.165, 1.54) is 56.5 Å². The summed E-state index contributed by atoms with van der Waals surface area (Å²) < 4.78 is 36.3. The summed E-state index contributed by atoms with van der Waals surface area (Å²) in [6.45, 7) is 3.31. The van der Waals surface area contributed by atoms with Crippen LogP contribution in [0, 0.1) is 24.0 Å². The number of methoxy groups -OCH3 is 1. The lowest BCUT2D eigenvalue weighted by atomic mass is 10.1. The Bertz CT molecular complexity index is 1760. The molecule has 0 bridgehead atoms. The van der Waals surface area contributed by atoms with Gasteiger partial charge in [0.1, 0.15) is 4.90 Å². The molecule has 4 rings (SSSR count). The standard InChI is InChI=1S/C26H20ClN3O8S3/c1-14-4-8-18(19(27)10-14)24(31)28-29-25(32)23(40-26(29)39)12-16-6-9-21(22(11-16)37-3)38-41(35,36)17-7-5-15(2)20(13-17)30(33)34/h4-13H,1-3H3,(H,28,31)/b23-12-. The number of nitrogens with zero attached hydrogens (tertiary/aromatic N) is 2. The molecule has 0 unspecified atom stereocenters. The number of nitro groups is 1. The fourth-order valence-corrected chi connectivity index (χ4v) is 6.09. The van der Waals surface area contributed by atoms with Gasteiger partial charge in [-0.25, -0.2) is 0 Å². The summed E-state index contributed by atoms with van der Waals surface area (Å²) in [6.07, 6.45) is 1.48. The first-order valence-electron chi connectivity index (χ1n) is 11.5. The lowest BCUT2D eigenvalue weighted by Gasteiger charge is -2.16. The first-order chi connectivity index (χ1) is 19.3. The largest absolute Gasteiger partial charge is 0.493 e. The van der Waals surface area contributed by atoms with Crippen LogP contribution in [0.25, 0.3) is 6.08 Å². The van der Waals surface area contributed by atoms with Gasteiger partial charge in [-0.2, -0.15) is 13.4 Å². The SMILES string of the molecule is COc1cc(/C=C2\SC(=S)N(NC(=O)c3ccc(C)cc3Cl)C2=O)ccc1OS(=O)(=O)c1ccc(C)c([N+](=O)[O-])c1. The minimum atomic E-state index is -4.45. The van der Waals surface area contributed by atoms with Crippen LogP contribution in [0.2, 0.25) is 5.02 Å². The van der Waals surface area contributed by atoms with Gasteiger partial charge in [0.05, 0.1) is 27.5 Å². The number of hydrazine groups is 1. The van der Waals surface area contributed by atoms with Gasteiger partial charge in [-0.3, -0.25) is 25.1 Å². The van der Waals surface area contributed by atoms with Gasteiger partial charge < -0.3 is 8.92 Å². The van der Waals surface area contributed by atoms with Gasteiger partial charge in [-0.15, -0.1) is 0 Å². The number of carbonyl (C=O) groups excluding carboxylic acids is 2. The maximum Gasteiger partial charge on any atom is 0.339 e. The lowest BCUT2D eigenvalue weighted by Crippen LogP contribution is -2.44. The predicted octanol–water partition coefficient (Wildman–Crippen LogP) is 5.19. The molecule has 15 heteroatoms. The number of thiocarbonyl (C=S) groups is 1. The molecule has 0 radical (unpaired) electrons. The minimum absolute atomic E-state index is 0.0155. The molecule has 1 fully saturated rings. The van der Waals surface area contributed by atoms with Crippen molar-refractivity contribution in [1.29, 1.82) is 0 Å². The summed E-state index contributed by atoms with van der Waals surface area (Å²) in [5.74, 6) is -1.36. The molecule has 2 amide bonds. The Morgan fingerprint density at radius 2 is 1.85 bits per heavy atom. The summed E-state index contributed by atoms with van der Waals surface area (Å²) in [7, 11) is -3.16. The molecule has 0 aliphatic carbocycles. The highest BCUT2D eigenvalue weighted by Gasteiger charge is 2.34. The number of hydrogen-bond donors (Lipinski definition) is 1. The van der Waals surface area contributed by atoms with Crippen LogP contribution in [0.15, 0.2) is 64.4 Å². The molecule has 3 aromatic rings. The Kier molecular flexibility index (Phi) is 8.68. The number of nitrogens with one attached hydrogen (secondary N) is 1. The van der Waals surface area contributed by atoms with E-state index in [0.29, 0.717) is 11.1 Å². The zero-order valence-corrected chi connectivity index (χ0v) is 24.7. The molecule has 1 saturated heterocycles. The van der Waals surface area contributed by atoms with Crippen LogP contribution < -0.4 is 14.3 Å². The number of rotatable bonds is 8. The molecule has 11 nitrogen and oxygen atoms in total. The van der Waals surface area contributed by atoms with E-state index in [2.05, 4.69) is 5.43 Å². The molecule has 41 heavy (non-hydrogen) atoms. The van der Waals surface area contributed by atoms with Gasteiger partial charge in [-0.1, -0.05) is 41.6 Å². The van der Waals surface area contributed by atoms with E-state index < -0.39 is 31.8 Å². The zero-order valence-electron chi connectivity index (χ0n) is 21.5. The second-order valence-electron chi connectivity index (χ2n) is 8.59. The van der Waals surface area contributed by atoms with Crippen LogP contribution in [-0.4, -0.2) is 41.6 Å². The molecule has 0 aromatic heterocycles. The Morgan fingerprint density at radius 3 is 2.51 bits per heavy atom. The van der Waals surface area contributed by atoms with Gasteiger partial charge >= 0.3 is 10.1 Å². The number of ether oxygens (including phenoxy) is 1. The third-order valence-corrected chi connectivity index (χ3v) is 8.57. The minimum Gasteiger partial charge on any atom is -0.493 e. The zero-order chi connectivity index (χ0) is 30.1. The van der Waals surface area contributed by atoms with E-state index in [9.17, 15) is 28.1 Å². The third-order valence-electron chi connectivity index (χ3n) is 5.73. The summed E-state index contributed by atoms with van der Waals surface area (Å²) >= 11 is 12.4. The number of benzene rings is 3. The topological polar surface area (TPSA) is 145 Å². The summed E-state index contributed by atoms with van der Waals surface area (Å²) in [6, 6.07) is 12.5. The van der Waals surface area contributed by atoms with E-state index in [0.717, 1.165) is 28.4 Å². The van der Waals surface area contributed by atoms with Gasteiger partial charge in [-0.05, 0) is 73.6 Å². The number of amides is 2. The number of halogens is 1. The number of carbonyl (C=O) groups is 2.